The molecular formula is C9H22N2O7S. The number of rotatable bonds is 4. The van der Waals surface area contributed by atoms with E-state index in [1.807, 2.05) is 12.2 Å². The summed E-state index contributed by atoms with van der Waals surface area (Å²) in [6, 6.07) is 0. The van der Waals surface area contributed by atoms with Crippen LogP contribution in [0.15, 0.2) is 24.8 Å². The van der Waals surface area contributed by atoms with E-state index in [0.717, 1.165) is 6.42 Å². The summed E-state index contributed by atoms with van der Waals surface area (Å²) in [5.41, 5.74) is 0. The summed E-state index contributed by atoms with van der Waals surface area (Å²) in [6.07, 6.45) is 6.53. The lowest BCUT2D eigenvalue weighted by Gasteiger charge is -2.09. The van der Waals surface area contributed by atoms with E-state index in [1.165, 1.54) is 0 Å². The van der Waals surface area contributed by atoms with Gasteiger partial charge in [-0.25, -0.2) is 9.78 Å². The molecule has 0 saturated carbocycles. The third-order valence-electron chi connectivity index (χ3n) is 1.43. The maximum Gasteiger partial charge on any atom is 0.394 e. The van der Waals surface area contributed by atoms with Gasteiger partial charge in [0.1, 0.15) is 6.10 Å². The molecule has 10 heteroatoms. The lowest BCUT2D eigenvalue weighted by molar-refractivity contribution is -0.316. The fraction of sp³-hybridized carbons (Fsp3) is 0.556. The van der Waals surface area contributed by atoms with Crippen LogP contribution in [0, 0.1) is 0 Å². The topological polar surface area (TPSA) is 172 Å². The van der Waals surface area contributed by atoms with Gasteiger partial charge in [0.2, 0.25) is 0 Å². The van der Waals surface area contributed by atoms with E-state index in [0.29, 0.717) is 19.8 Å². The van der Waals surface area contributed by atoms with Gasteiger partial charge in [0.25, 0.3) is 0 Å². The van der Waals surface area contributed by atoms with E-state index in [9.17, 15) is 0 Å². The minimum absolute atomic E-state index is 0. The highest BCUT2D eigenvalue weighted by molar-refractivity contribution is 7.79. The second-order valence-electron chi connectivity index (χ2n) is 2.95. The molecule has 0 aromatic heterocycles. The molecule has 0 aromatic rings. The third-order valence-corrected chi connectivity index (χ3v) is 1.43. The highest BCUT2D eigenvalue weighted by atomic mass is 32.3. The molecule has 0 aromatic carbocycles. The molecule has 8 N–H and O–H groups in total. The fourth-order valence-electron chi connectivity index (χ4n) is 0.883. The Bertz CT molecular complexity index is 323. The van der Waals surface area contributed by atoms with Gasteiger partial charge in [-0.3, -0.25) is 9.11 Å². The van der Waals surface area contributed by atoms with Crippen molar-refractivity contribution in [2.75, 3.05) is 19.8 Å². The Morgan fingerprint density at radius 1 is 1.42 bits per heavy atom. The Kier molecular flexibility index (Phi) is 16.6. The van der Waals surface area contributed by atoms with Gasteiger partial charge >= 0.3 is 10.4 Å². The van der Waals surface area contributed by atoms with Crippen LogP contribution in [0.3, 0.4) is 0 Å². The van der Waals surface area contributed by atoms with Gasteiger partial charge in [0.15, 0.2) is 0 Å². The summed E-state index contributed by atoms with van der Waals surface area (Å²) >= 11 is 0. The van der Waals surface area contributed by atoms with Crippen LogP contribution in [0.25, 0.3) is 0 Å². The summed E-state index contributed by atoms with van der Waals surface area (Å²) in [5, 5.41) is 0. The summed E-state index contributed by atoms with van der Waals surface area (Å²) < 4.78 is 36.8. The minimum Gasteiger partial charge on any atom is -0.374 e. The Morgan fingerprint density at radius 2 is 2.00 bits per heavy atom. The Morgan fingerprint density at radius 3 is 2.53 bits per heavy atom. The number of ether oxygens (including phenoxy) is 1. The quantitative estimate of drug-likeness (QED) is 0.257. The number of hydrogen-bond acceptors (Lipinski definition) is 7. The van der Waals surface area contributed by atoms with Crippen molar-refractivity contribution >= 4 is 10.4 Å². The first kappa shape index (κ1) is 23.3. The largest absolute Gasteiger partial charge is 0.394 e. The molecule has 19 heavy (non-hydrogen) atoms. The smallest absolute Gasteiger partial charge is 0.374 e. The molecule has 0 aliphatic carbocycles. The molecule has 0 radical (unpaired) electrons. The van der Waals surface area contributed by atoms with Crippen molar-refractivity contribution in [2.24, 2.45) is 0 Å². The normalized spacial score (nSPS) is 17.9. The van der Waals surface area contributed by atoms with Gasteiger partial charge in [-0.1, -0.05) is 18.2 Å². The Hall–Kier alpha value is -0.850. The van der Waals surface area contributed by atoms with Crippen LogP contribution in [0.5, 0.6) is 0 Å². The molecule has 1 aliphatic rings. The van der Waals surface area contributed by atoms with Gasteiger partial charge in [-0.05, 0) is 6.42 Å². The van der Waals surface area contributed by atoms with Gasteiger partial charge in [0.05, 0.1) is 19.8 Å². The van der Waals surface area contributed by atoms with Crippen LogP contribution in [-0.2, 0) is 24.9 Å². The maximum absolute atomic E-state index is 8.74. The average molecular weight is 302 g/mol. The molecule has 0 saturated heterocycles. The molecule has 1 atom stereocenters. The zero-order valence-corrected chi connectivity index (χ0v) is 11.4. The van der Waals surface area contributed by atoms with Gasteiger partial charge < -0.3 is 17.0 Å². The van der Waals surface area contributed by atoms with Crippen molar-refractivity contribution in [3.8, 4) is 0 Å². The predicted octanol–water partition coefficient (Wildman–Crippen LogP) is 1.14. The molecular weight excluding hydrogens is 280 g/mol. The van der Waals surface area contributed by atoms with E-state index in [4.69, 9.17) is 32.0 Å². The van der Waals surface area contributed by atoms with E-state index < -0.39 is 10.4 Å². The molecule has 1 aliphatic heterocycles. The van der Waals surface area contributed by atoms with Crippen molar-refractivity contribution in [3.63, 3.8) is 0 Å². The van der Waals surface area contributed by atoms with Crippen LogP contribution in [0.2, 0.25) is 0 Å². The summed E-state index contributed by atoms with van der Waals surface area (Å²) in [7, 11) is -4.67. The van der Waals surface area contributed by atoms with Crippen molar-refractivity contribution in [1.29, 1.82) is 0 Å². The first-order chi connectivity index (χ1) is 7.93. The molecule has 1 unspecified atom stereocenters. The highest BCUT2D eigenvalue weighted by Gasteiger charge is 2.08. The molecule has 1 rings (SSSR count). The molecule has 9 nitrogen and oxygen atoms in total. The second kappa shape index (κ2) is 13.6. The van der Waals surface area contributed by atoms with Crippen molar-refractivity contribution in [1.82, 2.24) is 12.3 Å². The Labute approximate surface area is 112 Å². The Balaban J connectivity index is -0.000000320. The van der Waals surface area contributed by atoms with E-state index >= 15 is 0 Å². The fourth-order valence-corrected chi connectivity index (χ4v) is 0.883. The number of hydrogen-bond donors (Lipinski definition) is 4. The molecule has 116 valence electrons. The van der Waals surface area contributed by atoms with Crippen molar-refractivity contribution in [3.05, 3.63) is 24.8 Å². The lowest BCUT2D eigenvalue weighted by Crippen LogP contribution is -2.16. The van der Waals surface area contributed by atoms with E-state index in [1.54, 1.807) is 6.08 Å². The molecule has 0 bridgehead atoms. The summed E-state index contributed by atoms with van der Waals surface area (Å²) in [6.45, 7) is 5.23. The van der Waals surface area contributed by atoms with Crippen LogP contribution < -0.4 is 12.3 Å². The molecule has 0 spiro atoms. The second-order valence-corrected chi connectivity index (χ2v) is 3.84. The zero-order valence-electron chi connectivity index (χ0n) is 10.6. The average Bonchev–Trinajstić information content (AvgIpc) is 2.44. The van der Waals surface area contributed by atoms with Crippen molar-refractivity contribution < 1.29 is 32.0 Å². The van der Waals surface area contributed by atoms with Gasteiger partial charge in [0, 0.05) is 0 Å². The zero-order chi connectivity index (χ0) is 13.1. The first-order valence-corrected chi connectivity index (χ1v) is 6.16. The third kappa shape index (κ3) is 22.8. The maximum atomic E-state index is 8.74. The molecule has 1 heterocycles. The molecule has 0 amide bonds. The first-order valence-electron chi connectivity index (χ1n) is 4.77. The van der Waals surface area contributed by atoms with Crippen molar-refractivity contribution in [2.45, 2.75) is 12.5 Å². The predicted molar refractivity (Wildman–Crippen MR) is 69.8 cm³/mol. The summed E-state index contributed by atoms with van der Waals surface area (Å²) in [4.78, 5) is 9.87. The van der Waals surface area contributed by atoms with Gasteiger partial charge in [-0.2, -0.15) is 8.42 Å². The standard InChI is InChI=1S/C9H14O3.2H3N.H2O4S/c1-2-6-10-8-9-5-3-4-7-11-12-9;;;1-5(2,3)4/h2-3,5,9H,1,4,6-8H2;2*1H3;(H2,1,2,3,4). The minimum atomic E-state index is -4.67. The van der Waals surface area contributed by atoms with Crippen LogP contribution >= 0.6 is 0 Å². The van der Waals surface area contributed by atoms with Crippen LogP contribution in [0.1, 0.15) is 6.42 Å². The summed E-state index contributed by atoms with van der Waals surface area (Å²) in [5.74, 6) is 0. The monoisotopic (exact) mass is 302 g/mol. The van der Waals surface area contributed by atoms with Crippen LogP contribution in [-0.4, -0.2) is 43.4 Å². The van der Waals surface area contributed by atoms with Gasteiger partial charge in [-0.15, -0.1) is 6.58 Å². The highest BCUT2D eigenvalue weighted by Crippen LogP contribution is 2.03. The SMILES string of the molecule is C=CCOCC1C=CCCOO1.N.N.O=S(=O)(O)O. The lowest BCUT2D eigenvalue weighted by atomic mass is 10.3. The van der Waals surface area contributed by atoms with Crippen LogP contribution in [0.4, 0.5) is 0 Å². The van der Waals surface area contributed by atoms with E-state index in [-0.39, 0.29) is 18.4 Å². The molecule has 0 fully saturated rings. The van der Waals surface area contributed by atoms with E-state index in [2.05, 4.69) is 6.58 Å².